The second kappa shape index (κ2) is 8.52. The quantitative estimate of drug-likeness (QED) is 0.701. The standard InChI is InChI=1S/C22H26N6O2/c1-15-6-7-19(30-3)18(13-15)24-22(29)17-5-4-11-27(14-17)20-8-9-21(26-25-20)28-12-10-23-16(28)2/h6-10,12-13,17H,4-5,11,14H2,1-3H3,(H,24,29). The highest BCUT2D eigenvalue weighted by atomic mass is 16.5. The summed E-state index contributed by atoms with van der Waals surface area (Å²) < 4.78 is 7.27. The van der Waals surface area contributed by atoms with Gasteiger partial charge in [0.05, 0.1) is 18.7 Å². The van der Waals surface area contributed by atoms with Crippen molar-refractivity contribution in [2.75, 3.05) is 30.4 Å². The van der Waals surface area contributed by atoms with Crippen molar-refractivity contribution < 1.29 is 9.53 Å². The first-order chi connectivity index (χ1) is 14.5. The minimum Gasteiger partial charge on any atom is -0.495 e. The molecule has 0 bridgehead atoms. The van der Waals surface area contributed by atoms with Gasteiger partial charge in [0.15, 0.2) is 11.6 Å². The summed E-state index contributed by atoms with van der Waals surface area (Å²) in [6, 6.07) is 9.64. The minimum atomic E-state index is -0.124. The fourth-order valence-corrected chi connectivity index (χ4v) is 3.79. The van der Waals surface area contributed by atoms with E-state index in [1.165, 1.54) is 0 Å². The van der Waals surface area contributed by atoms with E-state index in [1.807, 2.05) is 54.9 Å². The molecule has 8 heteroatoms. The summed E-state index contributed by atoms with van der Waals surface area (Å²) in [5, 5.41) is 11.8. The Morgan fingerprint density at radius 2 is 1.97 bits per heavy atom. The van der Waals surface area contributed by atoms with Gasteiger partial charge >= 0.3 is 0 Å². The van der Waals surface area contributed by atoms with Crippen molar-refractivity contribution in [3.63, 3.8) is 0 Å². The average molecular weight is 406 g/mol. The average Bonchev–Trinajstić information content (AvgIpc) is 3.20. The van der Waals surface area contributed by atoms with E-state index < -0.39 is 0 Å². The van der Waals surface area contributed by atoms with Gasteiger partial charge < -0.3 is 15.0 Å². The SMILES string of the molecule is COc1ccc(C)cc1NC(=O)C1CCCN(c2ccc(-n3ccnc3C)nn2)C1. The lowest BCUT2D eigenvalue weighted by Gasteiger charge is -2.32. The van der Waals surface area contributed by atoms with E-state index >= 15 is 0 Å². The summed E-state index contributed by atoms with van der Waals surface area (Å²) in [6.45, 7) is 5.38. The van der Waals surface area contributed by atoms with Crippen LogP contribution in [0.5, 0.6) is 5.75 Å². The maximum Gasteiger partial charge on any atom is 0.229 e. The van der Waals surface area contributed by atoms with Gasteiger partial charge in [0.1, 0.15) is 11.6 Å². The Morgan fingerprint density at radius 3 is 2.67 bits per heavy atom. The number of hydrogen-bond acceptors (Lipinski definition) is 6. The molecule has 1 atom stereocenters. The van der Waals surface area contributed by atoms with Crippen LogP contribution < -0.4 is 15.0 Å². The number of carbonyl (C=O) groups is 1. The first-order valence-electron chi connectivity index (χ1n) is 10.1. The van der Waals surface area contributed by atoms with E-state index in [1.54, 1.807) is 13.3 Å². The van der Waals surface area contributed by atoms with Gasteiger partial charge in [-0.2, -0.15) is 0 Å². The Labute approximate surface area is 175 Å². The number of methoxy groups -OCH3 is 1. The van der Waals surface area contributed by atoms with E-state index in [9.17, 15) is 4.79 Å². The second-order valence-electron chi connectivity index (χ2n) is 7.57. The zero-order valence-corrected chi connectivity index (χ0v) is 17.5. The topological polar surface area (TPSA) is 85.2 Å². The number of rotatable bonds is 5. The van der Waals surface area contributed by atoms with Crippen molar-refractivity contribution in [3.8, 4) is 11.6 Å². The third-order valence-corrected chi connectivity index (χ3v) is 5.44. The molecule has 1 aliphatic heterocycles. The molecule has 8 nitrogen and oxygen atoms in total. The Hall–Kier alpha value is -3.42. The number of hydrogen-bond donors (Lipinski definition) is 1. The smallest absolute Gasteiger partial charge is 0.229 e. The number of nitrogens with one attached hydrogen (secondary N) is 1. The van der Waals surface area contributed by atoms with Crippen LogP contribution in [0.4, 0.5) is 11.5 Å². The molecule has 1 saturated heterocycles. The lowest BCUT2D eigenvalue weighted by atomic mass is 9.97. The van der Waals surface area contributed by atoms with E-state index in [-0.39, 0.29) is 11.8 Å². The van der Waals surface area contributed by atoms with Crippen LogP contribution in [0.3, 0.4) is 0 Å². The van der Waals surface area contributed by atoms with Crippen LogP contribution in [0.25, 0.3) is 5.82 Å². The number of ether oxygens (including phenoxy) is 1. The predicted octanol–water partition coefficient (Wildman–Crippen LogP) is 3.14. The normalized spacial score (nSPS) is 16.4. The van der Waals surface area contributed by atoms with Crippen molar-refractivity contribution in [1.29, 1.82) is 0 Å². The zero-order chi connectivity index (χ0) is 21.1. The second-order valence-corrected chi connectivity index (χ2v) is 7.57. The number of aromatic nitrogens is 4. The first-order valence-corrected chi connectivity index (χ1v) is 10.1. The van der Waals surface area contributed by atoms with Crippen molar-refractivity contribution in [2.45, 2.75) is 26.7 Å². The molecule has 0 aliphatic carbocycles. The molecule has 1 fully saturated rings. The van der Waals surface area contributed by atoms with Gasteiger partial charge in [0, 0.05) is 25.5 Å². The molecule has 3 aromatic rings. The monoisotopic (exact) mass is 406 g/mol. The Bertz CT molecular complexity index is 1030. The van der Waals surface area contributed by atoms with Gasteiger partial charge in [-0.25, -0.2) is 4.98 Å². The molecule has 1 unspecified atom stereocenters. The van der Waals surface area contributed by atoms with Gasteiger partial charge in [0.2, 0.25) is 5.91 Å². The van der Waals surface area contributed by atoms with Crippen LogP contribution in [0, 0.1) is 19.8 Å². The van der Waals surface area contributed by atoms with E-state index in [0.29, 0.717) is 18.0 Å². The maximum absolute atomic E-state index is 12.9. The molecule has 0 spiro atoms. The summed E-state index contributed by atoms with van der Waals surface area (Å²) in [5.41, 5.74) is 1.78. The third kappa shape index (κ3) is 4.12. The van der Waals surface area contributed by atoms with Gasteiger partial charge in [0.25, 0.3) is 0 Å². The number of piperidine rings is 1. The Kier molecular flexibility index (Phi) is 5.65. The number of amides is 1. The summed E-state index contributed by atoms with van der Waals surface area (Å²) in [4.78, 5) is 19.3. The molecule has 156 valence electrons. The van der Waals surface area contributed by atoms with Gasteiger partial charge in [-0.3, -0.25) is 9.36 Å². The maximum atomic E-state index is 12.9. The highest BCUT2D eigenvalue weighted by Gasteiger charge is 2.27. The van der Waals surface area contributed by atoms with E-state index in [0.717, 1.165) is 42.4 Å². The van der Waals surface area contributed by atoms with Crippen LogP contribution in [-0.2, 0) is 4.79 Å². The molecule has 2 aromatic heterocycles. The molecule has 30 heavy (non-hydrogen) atoms. The largest absolute Gasteiger partial charge is 0.495 e. The molecule has 3 heterocycles. The van der Waals surface area contributed by atoms with Gasteiger partial charge in [-0.05, 0) is 56.5 Å². The van der Waals surface area contributed by atoms with E-state index in [4.69, 9.17) is 4.74 Å². The highest BCUT2D eigenvalue weighted by molar-refractivity contribution is 5.94. The van der Waals surface area contributed by atoms with Crippen molar-refractivity contribution in [1.82, 2.24) is 19.7 Å². The minimum absolute atomic E-state index is 0.00206. The first kappa shape index (κ1) is 19.9. The summed E-state index contributed by atoms with van der Waals surface area (Å²) in [6.07, 6.45) is 5.37. The molecule has 0 saturated carbocycles. The van der Waals surface area contributed by atoms with Gasteiger partial charge in [-0.15, -0.1) is 10.2 Å². The third-order valence-electron chi connectivity index (χ3n) is 5.44. The Balaban J connectivity index is 1.45. The fraction of sp³-hybridized carbons (Fsp3) is 0.364. The molecule has 1 N–H and O–H groups in total. The van der Waals surface area contributed by atoms with Crippen LogP contribution in [-0.4, -0.2) is 45.9 Å². The lowest BCUT2D eigenvalue weighted by Crippen LogP contribution is -2.41. The summed E-state index contributed by atoms with van der Waals surface area (Å²) in [5.74, 6) is 2.91. The number of anilines is 2. The van der Waals surface area contributed by atoms with Crippen LogP contribution >= 0.6 is 0 Å². The molecular formula is C22H26N6O2. The zero-order valence-electron chi connectivity index (χ0n) is 17.5. The van der Waals surface area contributed by atoms with Crippen molar-refractivity contribution in [2.24, 2.45) is 5.92 Å². The number of imidazole rings is 1. The molecule has 1 amide bonds. The molecular weight excluding hydrogens is 380 g/mol. The molecule has 0 radical (unpaired) electrons. The summed E-state index contributed by atoms with van der Waals surface area (Å²) in [7, 11) is 1.61. The predicted molar refractivity (Wildman–Crippen MR) is 115 cm³/mol. The number of nitrogens with zero attached hydrogens (tertiary/aromatic N) is 5. The number of aryl methyl sites for hydroxylation is 2. The van der Waals surface area contributed by atoms with E-state index in [2.05, 4.69) is 25.4 Å². The van der Waals surface area contributed by atoms with Crippen molar-refractivity contribution >= 4 is 17.4 Å². The lowest BCUT2D eigenvalue weighted by molar-refractivity contribution is -0.120. The Morgan fingerprint density at radius 1 is 1.17 bits per heavy atom. The summed E-state index contributed by atoms with van der Waals surface area (Å²) >= 11 is 0. The molecule has 1 aromatic carbocycles. The van der Waals surface area contributed by atoms with Crippen LogP contribution in [0.1, 0.15) is 24.2 Å². The molecule has 4 rings (SSSR count). The highest BCUT2D eigenvalue weighted by Crippen LogP contribution is 2.28. The number of benzene rings is 1. The van der Waals surface area contributed by atoms with Crippen LogP contribution in [0.15, 0.2) is 42.7 Å². The van der Waals surface area contributed by atoms with Gasteiger partial charge in [-0.1, -0.05) is 6.07 Å². The van der Waals surface area contributed by atoms with Crippen LogP contribution in [0.2, 0.25) is 0 Å². The molecule has 1 aliphatic rings. The van der Waals surface area contributed by atoms with Crippen molar-refractivity contribution in [3.05, 3.63) is 54.1 Å². The number of carbonyl (C=O) groups excluding carboxylic acids is 1. The fourth-order valence-electron chi connectivity index (χ4n) is 3.79.